The zero-order chi connectivity index (χ0) is 19.2. The van der Waals surface area contributed by atoms with Crippen LogP contribution in [0.2, 0.25) is 0 Å². The number of hydrogen-bond donors (Lipinski definition) is 1. The van der Waals surface area contributed by atoms with E-state index in [2.05, 4.69) is 10.3 Å². The normalized spacial score (nSPS) is 10.3. The van der Waals surface area contributed by atoms with Gasteiger partial charge in [-0.25, -0.2) is 4.98 Å². The van der Waals surface area contributed by atoms with E-state index >= 15 is 0 Å². The predicted octanol–water partition coefficient (Wildman–Crippen LogP) is 4.81. The molecular formula is C21H20N2O3S. The van der Waals surface area contributed by atoms with Crippen LogP contribution in [-0.4, -0.2) is 25.1 Å². The van der Waals surface area contributed by atoms with E-state index in [9.17, 15) is 4.79 Å². The first-order chi connectivity index (χ1) is 13.1. The molecule has 0 unspecified atom stereocenters. The van der Waals surface area contributed by atoms with Gasteiger partial charge in [0.1, 0.15) is 16.5 Å². The van der Waals surface area contributed by atoms with E-state index in [1.165, 1.54) is 17.3 Å². The molecule has 0 saturated heterocycles. The summed E-state index contributed by atoms with van der Waals surface area (Å²) in [6.07, 6.45) is 1.68. The summed E-state index contributed by atoms with van der Waals surface area (Å²) in [6.45, 7) is 2.04. The van der Waals surface area contributed by atoms with Gasteiger partial charge in [-0.3, -0.25) is 4.79 Å². The average molecular weight is 380 g/mol. The molecule has 0 fully saturated rings. The van der Waals surface area contributed by atoms with Crippen molar-refractivity contribution in [2.45, 2.75) is 16.8 Å². The molecule has 1 amide bonds. The molecule has 3 rings (SSSR count). The third kappa shape index (κ3) is 4.80. The lowest BCUT2D eigenvalue weighted by atomic mass is 10.2. The molecule has 138 valence electrons. The quantitative estimate of drug-likeness (QED) is 0.665. The second-order valence-electron chi connectivity index (χ2n) is 5.83. The Morgan fingerprint density at radius 2 is 1.67 bits per heavy atom. The molecule has 27 heavy (non-hydrogen) atoms. The Balaban J connectivity index is 1.84. The van der Waals surface area contributed by atoms with E-state index in [1.807, 2.05) is 31.2 Å². The van der Waals surface area contributed by atoms with Crippen LogP contribution in [0, 0.1) is 6.92 Å². The van der Waals surface area contributed by atoms with E-state index in [0.29, 0.717) is 27.8 Å². The Labute approximate surface area is 162 Å². The van der Waals surface area contributed by atoms with E-state index in [4.69, 9.17) is 9.47 Å². The molecule has 1 aromatic heterocycles. The zero-order valence-electron chi connectivity index (χ0n) is 15.4. The molecule has 0 bridgehead atoms. The molecule has 2 aromatic carbocycles. The number of nitrogens with one attached hydrogen (secondary N) is 1. The van der Waals surface area contributed by atoms with Gasteiger partial charge in [0.05, 0.1) is 19.8 Å². The molecule has 0 aliphatic heterocycles. The van der Waals surface area contributed by atoms with Gasteiger partial charge in [0.15, 0.2) is 0 Å². The number of carbonyl (C=O) groups is 1. The number of aryl methyl sites for hydroxylation is 1. The molecule has 0 radical (unpaired) electrons. The Morgan fingerprint density at radius 3 is 2.30 bits per heavy atom. The van der Waals surface area contributed by atoms with Gasteiger partial charge in [0.2, 0.25) is 0 Å². The predicted molar refractivity (Wildman–Crippen MR) is 107 cm³/mol. The molecule has 5 nitrogen and oxygen atoms in total. The van der Waals surface area contributed by atoms with Crippen LogP contribution in [-0.2, 0) is 0 Å². The summed E-state index contributed by atoms with van der Waals surface area (Å²) in [7, 11) is 3.13. The van der Waals surface area contributed by atoms with Crippen LogP contribution in [0.25, 0.3) is 0 Å². The summed E-state index contributed by atoms with van der Waals surface area (Å²) in [5.74, 6) is 0.961. The number of aromatic nitrogens is 1. The number of carbonyl (C=O) groups excluding carboxylic acids is 1. The van der Waals surface area contributed by atoms with Crippen molar-refractivity contribution >= 4 is 23.4 Å². The zero-order valence-corrected chi connectivity index (χ0v) is 16.2. The number of nitrogens with zero attached hydrogens (tertiary/aromatic N) is 1. The Hall–Kier alpha value is -2.99. The first kappa shape index (κ1) is 18.8. The second-order valence-corrected chi connectivity index (χ2v) is 6.89. The van der Waals surface area contributed by atoms with E-state index in [1.54, 1.807) is 50.7 Å². The monoisotopic (exact) mass is 380 g/mol. The molecule has 1 N–H and O–H groups in total. The average Bonchev–Trinajstić information content (AvgIpc) is 2.69. The van der Waals surface area contributed by atoms with Crippen LogP contribution in [0.15, 0.2) is 70.7 Å². The topological polar surface area (TPSA) is 60.5 Å². The van der Waals surface area contributed by atoms with E-state index in [-0.39, 0.29) is 5.91 Å². The van der Waals surface area contributed by atoms with Crippen molar-refractivity contribution in [2.24, 2.45) is 0 Å². The van der Waals surface area contributed by atoms with Crippen molar-refractivity contribution in [3.05, 3.63) is 71.9 Å². The number of ether oxygens (including phenoxy) is 2. The van der Waals surface area contributed by atoms with Crippen molar-refractivity contribution in [1.82, 2.24) is 4.98 Å². The van der Waals surface area contributed by atoms with Gasteiger partial charge in [-0.2, -0.15) is 0 Å². The van der Waals surface area contributed by atoms with Gasteiger partial charge < -0.3 is 14.8 Å². The lowest BCUT2D eigenvalue weighted by Gasteiger charge is -2.11. The minimum Gasteiger partial charge on any atom is -0.497 e. The number of hydrogen-bond acceptors (Lipinski definition) is 5. The van der Waals surface area contributed by atoms with E-state index in [0.717, 1.165) is 4.90 Å². The number of benzene rings is 2. The maximum absolute atomic E-state index is 12.8. The maximum Gasteiger partial charge on any atom is 0.258 e. The van der Waals surface area contributed by atoms with Crippen molar-refractivity contribution in [3.63, 3.8) is 0 Å². The fourth-order valence-corrected chi connectivity index (χ4v) is 3.32. The third-order valence-corrected chi connectivity index (χ3v) is 4.89. The van der Waals surface area contributed by atoms with Gasteiger partial charge in [0, 0.05) is 35.0 Å². The van der Waals surface area contributed by atoms with Gasteiger partial charge in [-0.05, 0) is 31.2 Å². The van der Waals surface area contributed by atoms with Crippen LogP contribution in [0.4, 0.5) is 5.69 Å². The van der Waals surface area contributed by atoms with Crippen LogP contribution < -0.4 is 14.8 Å². The minimum atomic E-state index is -0.243. The van der Waals surface area contributed by atoms with Crippen molar-refractivity contribution in [2.75, 3.05) is 19.5 Å². The van der Waals surface area contributed by atoms with Crippen LogP contribution in [0.5, 0.6) is 11.5 Å². The van der Waals surface area contributed by atoms with Crippen LogP contribution in [0.1, 0.15) is 15.9 Å². The molecule has 0 atom stereocenters. The van der Waals surface area contributed by atoms with E-state index < -0.39 is 0 Å². The highest BCUT2D eigenvalue weighted by Crippen LogP contribution is 2.30. The van der Waals surface area contributed by atoms with Crippen molar-refractivity contribution in [1.29, 1.82) is 0 Å². The summed E-state index contributed by atoms with van der Waals surface area (Å²) in [5, 5.41) is 3.54. The van der Waals surface area contributed by atoms with Gasteiger partial charge >= 0.3 is 0 Å². The SMILES string of the molecule is COc1cc(NC(=O)c2cccnc2Sc2ccc(C)cc2)cc(OC)c1. The largest absolute Gasteiger partial charge is 0.497 e. The standard InChI is InChI=1S/C21H20N2O3S/c1-14-6-8-18(9-7-14)27-21-19(5-4-10-22-21)20(24)23-15-11-16(25-2)13-17(12-15)26-3/h4-13H,1-3H3,(H,23,24). The Kier molecular flexibility index (Phi) is 5.98. The summed E-state index contributed by atoms with van der Waals surface area (Å²) in [4.78, 5) is 18.2. The summed E-state index contributed by atoms with van der Waals surface area (Å²) in [5.41, 5.74) is 2.28. The maximum atomic E-state index is 12.8. The fraction of sp³-hybridized carbons (Fsp3) is 0.143. The molecule has 0 spiro atoms. The number of amides is 1. The number of rotatable bonds is 6. The Morgan fingerprint density at radius 1 is 1.00 bits per heavy atom. The number of anilines is 1. The first-order valence-electron chi connectivity index (χ1n) is 8.33. The minimum absolute atomic E-state index is 0.243. The number of pyridine rings is 1. The van der Waals surface area contributed by atoms with Crippen molar-refractivity contribution in [3.8, 4) is 11.5 Å². The summed E-state index contributed by atoms with van der Waals surface area (Å²) >= 11 is 1.46. The lowest BCUT2D eigenvalue weighted by Crippen LogP contribution is -2.13. The molecular weight excluding hydrogens is 360 g/mol. The molecule has 0 aliphatic rings. The molecule has 0 saturated carbocycles. The molecule has 0 aliphatic carbocycles. The third-order valence-electron chi connectivity index (χ3n) is 3.86. The highest BCUT2D eigenvalue weighted by Gasteiger charge is 2.14. The molecule has 3 aromatic rings. The second kappa shape index (κ2) is 8.60. The van der Waals surface area contributed by atoms with Gasteiger partial charge in [-0.1, -0.05) is 29.5 Å². The van der Waals surface area contributed by atoms with Crippen molar-refractivity contribution < 1.29 is 14.3 Å². The van der Waals surface area contributed by atoms with Gasteiger partial charge in [-0.15, -0.1) is 0 Å². The highest BCUT2D eigenvalue weighted by atomic mass is 32.2. The number of methoxy groups -OCH3 is 2. The smallest absolute Gasteiger partial charge is 0.258 e. The molecule has 6 heteroatoms. The summed E-state index contributed by atoms with van der Waals surface area (Å²) in [6, 6.07) is 16.8. The molecule has 1 heterocycles. The van der Waals surface area contributed by atoms with Gasteiger partial charge in [0.25, 0.3) is 5.91 Å². The first-order valence-corrected chi connectivity index (χ1v) is 9.14. The lowest BCUT2D eigenvalue weighted by molar-refractivity contribution is 0.102. The summed E-state index contributed by atoms with van der Waals surface area (Å²) < 4.78 is 10.5. The van der Waals surface area contributed by atoms with Crippen LogP contribution in [0.3, 0.4) is 0 Å². The van der Waals surface area contributed by atoms with Crippen LogP contribution >= 0.6 is 11.8 Å². The Bertz CT molecular complexity index is 920. The highest BCUT2D eigenvalue weighted by molar-refractivity contribution is 7.99. The fourth-order valence-electron chi connectivity index (χ4n) is 2.44.